The minimum Gasteiger partial charge on any atom is -0.480 e. The van der Waals surface area contributed by atoms with Crippen LogP contribution in [-0.2, 0) is 14.8 Å². The minimum absolute atomic E-state index is 0.0326. The van der Waals surface area contributed by atoms with E-state index in [0.717, 1.165) is 12.8 Å². The molecule has 1 saturated heterocycles. The third-order valence-electron chi connectivity index (χ3n) is 4.64. The Balaban J connectivity index is 2.31. The Morgan fingerprint density at radius 3 is 2.46 bits per heavy atom. The van der Waals surface area contributed by atoms with Crippen LogP contribution >= 0.6 is 11.6 Å². The van der Waals surface area contributed by atoms with E-state index in [2.05, 4.69) is 5.32 Å². The highest BCUT2D eigenvalue weighted by atomic mass is 35.5. The Kier molecular flexibility index (Phi) is 6.65. The van der Waals surface area contributed by atoms with Crippen LogP contribution in [0, 0.1) is 5.92 Å². The largest absolute Gasteiger partial charge is 0.480 e. The van der Waals surface area contributed by atoms with Gasteiger partial charge in [0.1, 0.15) is 10.9 Å². The molecule has 0 saturated carbocycles. The van der Waals surface area contributed by atoms with Crippen molar-refractivity contribution >= 4 is 33.5 Å². The Bertz CT molecular complexity index is 790. The summed E-state index contributed by atoms with van der Waals surface area (Å²) in [4.78, 5) is 23.7. The predicted molar refractivity (Wildman–Crippen MR) is 97.8 cm³/mol. The van der Waals surface area contributed by atoms with E-state index in [4.69, 9.17) is 11.6 Å². The lowest BCUT2D eigenvalue weighted by Gasteiger charge is -2.21. The number of hydrogen-bond donors (Lipinski definition) is 2. The molecule has 9 heteroatoms. The zero-order chi connectivity index (χ0) is 19.5. The van der Waals surface area contributed by atoms with E-state index < -0.39 is 27.9 Å². The first kappa shape index (κ1) is 20.7. The van der Waals surface area contributed by atoms with Gasteiger partial charge in [-0.15, -0.1) is 0 Å². The average molecular weight is 403 g/mol. The summed E-state index contributed by atoms with van der Waals surface area (Å²) in [5.41, 5.74) is 0.0572. The third-order valence-corrected chi connectivity index (χ3v) is 7.02. The summed E-state index contributed by atoms with van der Waals surface area (Å²) >= 11 is 6.06. The van der Waals surface area contributed by atoms with Gasteiger partial charge in [-0.1, -0.05) is 31.9 Å². The van der Waals surface area contributed by atoms with E-state index in [1.54, 1.807) is 6.92 Å². The van der Waals surface area contributed by atoms with Crippen LogP contribution in [0.3, 0.4) is 0 Å². The summed E-state index contributed by atoms with van der Waals surface area (Å²) in [7, 11) is -3.79. The van der Waals surface area contributed by atoms with Gasteiger partial charge >= 0.3 is 5.97 Å². The van der Waals surface area contributed by atoms with E-state index in [9.17, 15) is 23.1 Å². The topological polar surface area (TPSA) is 104 Å². The van der Waals surface area contributed by atoms with Crippen molar-refractivity contribution in [3.05, 3.63) is 28.8 Å². The van der Waals surface area contributed by atoms with Crippen LogP contribution in [0.15, 0.2) is 23.1 Å². The molecule has 0 radical (unpaired) electrons. The van der Waals surface area contributed by atoms with Crippen LogP contribution in [0.25, 0.3) is 0 Å². The van der Waals surface area contributed by atoms with Gasteiger partial charge in [-0.05, 0) is 37.0 Å². The fourth-order valence-electron chi connectivity index (χ4n) is 2.82. The van der Waals surface area contributed by atoms with Gasteiger partial charge in [-0.2, -0.15) is 4.31 Å². The summed E-state index contributed by atoms with van der Waals surface area (Å²) in [5.74, 6) is -2.05. The molecule has 2 rings (SSSR count). The molecule has 0 aromatic heterocycles. The molecular weight excluding hydrogens is 380 g/mol. The molecule has 7 nitrogen and oxygen atoms in total. The highest BCUT2D eigenvalue weighted by Crippen LogP contribution is 2.28. The van der Waals surface area contributed by atoms with Crippen LogP contribution in [0.5, 0.6) is 0 Å². The number of aliphatic carboxylic acids is 1. The van der Waals surface area contributed by atoms with E-state index in [0.29, 0.717) is 19.5 Å². The molecule has 1 aliphatic rings. The predicted octanol–water partition coefficient (Wildman–Crippen LogP) is 2.35. The van der Waals surface area contributed by atoms with Gasteiger partial charge in [0.15, 0.2) is 0 Å². The number of nitrogens with zero attached hydrogens (tertiary/aromatic N) is 1. The molecule has 0 unspecified atom stereocenters. The molecule has 0 spiro atoms. The van der Waals surface area contributed by atoms with Crippen molar-refractivity contribution in [2.75, 3.05) is 13.1 Å². The molecule has 1 aliphatic heterocycles. The Morgan fingerprint density at radius 2 is 1.92 bits per heavy atom. The average Bonchev–Trinajstić information content (AvgIpc) is 3.14. The lowest BCUT2D eigenvalue weighted by atomic mass is 9.99. The van der Waals surface area contributed by atoms with E-state index in [1.165, 1.54) is 22.5 Å². The van der Waals surface area contributed by atoms with Crippen molar-refractivity contribution in [3.63, 3.8) is 0 Å². The smallest absolute Gasteiger partial charge is 0.326 e. The Labute approximate surface area is 158 Å². The Morgan fingerprint density at radius 1 is 1.31 bits per heavy atom. The summed E-state index contributed by atoms with van der Waals surface area (Å²) < 4.78 is 26.8. The lowest BCUT2D eigenvalue weighted by molar-refractivity contribution is -0.140. The van der Waals surface area contributed by atoms with Gasteiger partial charge < -0.3 is 10.4 Å². The number of amides is 1. The number of carbonyl (C=O) groups is 2. The highest BCUT2D eigenvalue weighted by Gasteiger charge is 2.31. The number of carboxylic acid groups (broad SMARTS) is 1. The first-order chi connectivity index (χ1) is 12.2. The normalized spacial score (nSPS) is 17.7. The quantitative estimate of drug-likeness (QED) is 0.728. The molecule has 1 fully saturated rings. The number of hydrogen-bond acceptors (Lipinski definition) is 4. The molecule has 1 aromatic rings. The number of carboxylic acids is 1. The van der Waals surface area contributed by atoms with Crippen molar-refractivity contribution in [1.29, 1.82) is 0 Å². The van der Waals surface area contributed by atoms with Gasteiger partial charge in [-0.3, -0.25) is 4.79 Å². The third kappa shape index (κ3) is 4.36. The first-order valence-electron chi connectivity index (χ1n) is 8.51. The SMILES string of the molecule is CC[C@@H](C)[C@H](NC(=O)c1ccc(Cl)c(S(=O)(=O)N2CCCC2)c1)C(=O)O. The van der Waals surface area contributed by atoms with Crippen LogP contribution < -0.4 is 5.32 Å². The molecule has 0 aliphatic carbocycles. The number of rotatable bonds is 7. The second-order valence-electron chi connectivity index (χ2n) is 6.43. The summed E-state index contributed by atoms with van der Waals surface area (Å²) in [6.45, 7) is 4.40. The van der Waals surface area contributed by atoms with E-state index in [1.807, 2.05) is 6.92 Å². The molecule has 1 amide bonds. The maximum atomic E-state index is 12.7. The fraction of sp³-hybridized carbons (Fsp3) is 0.529. The molecular formula is C17H23ClN2O5S. The monoisotopic (exact) mass is 402 g/mol. The Hall–Kier alpha value is -1.64. The standard InChI is InChI=1S/C17H23ClN2O5S/c1-3-11(2)15(17(22)23)19-16(21)12-6-7-13(18)14(10-12)26(24,25)20-8-4-5-9-20/h6-7,10-11,15H,3-5,8-9H2,1-2H3,(H,19,21)(H,22,23)/t11-,15+/m1/s1. The van der Waals surface area contributed by atoms with Crippen molar-refractivity contribution in [3.8, 4) is 0 Å². The fourth-order valence-corrected chi connectivity index (χ4v) is 4.83. The molecule has 2 N–H and O–H groups in total. The number of sulfonamides is 1. The van der Waals surface area contributed by atoms with Crippen LogP contribution in [0.1, 0.15) is 43.5 Å². The van der Waals surface area contributed by atoms with Gasteiger partial charge in [0.2, 0.25) is 10.0 Å². The van der Waals surface area contributed by atoms with Gasteiger partial charge in [0.05, 0.1) is 5.02 Å². The van der Waals surface area contributed by atoms with Crippen LogP contribution in [0.4, 0.5) is 0 Å². The van der Waals surface area contributed by atoms with Gasteiger partial charge in [0.25, 0.3) is 5.91 Å². The molecule has 144 valence electrons. The lowest BCUT2D eigenvalue weighted by Crippen LogP contribution is -2.45. The van der Waals surface area contributed by atoms with Gasteiger partial charge in [-0.25, -0.2) is 13.2 Å². The number of benzene rings is 1. The molecule has 1 heterocycles. The van der Waals surface area contributed by atoms with Crippen molar-refractivity contribution < 1.29 is 23.1 Å². The van der Waals surface area contributed by atoms with Crippen LogP contribution in [-0.4, -0.2) is 48.8 Å². The second kappa shape index (κ2) is 8.37. The minimum atomic E-state index is -3.79. The van der Waals surface area contributed by atoms with E-state index in [-0.39, 0.29) is 21.4 Å². The van der Waals surface area contributed by atoms with Crippen LogP contribution in [0.2, 0.25) is 5.02 Å². The summed E-state index contributed by atoms with van der Waals surface area (Å²) in [6, 6.07) is 2.89. The summed E-state index contributed by atoms with van der Waals surface area (Å²) in [6.07, 6.45) is 2.14. The number of carbonyl (C=O) groups excluding carboxylic acids is 1. The van der Waals surface area contributed by atoms with Crippen molar-refractivity contribution in [2.45, 2.75) is 44.0 Å². The second-order valence-corrected chi connectivity index (χ2v) is 8.74. The first-order valence-corrected chi connectivity index (χ1v) is 10.3. The molecule has 2 atom stereocenters. The summed E-state index contributed by atoms with van der Waals surface area (Å²) in [5, 5.41) is 11.8. The zero-order valence-corrected chi connectivity index (χ0v) is 16.3. The molecule has 26 heavy (non-hydrogen) atoms. The molecule has 1 aromatic carbocycles. The van der Waals surface area contributed by atoms with Gasteiger partial charge in [0, 0.05) is 18.7 Å². The van der Waals surface area contributed by atoms with E-state index >= 15 is 0 Å². The number of nitrogens with one attached hydrogen (secondary N) is 1. The highest BCUT2D eigenvalue weighted by molar-refractivity contribution is 7.89. The maximum absolute atomic E-state index is 12.7. The maximum Gasteiger partial charge on any atom is 0.326 e. The number of halogens is 1. The zero-order valence-electron chi connectivity index (χ0n) is 14.7. The molecule has 0 bridgehead atoms. The van der Waals surface area contributed by atoms with Crippen molar-refractivity contribution in [1.82, 2.24) is 9.62 Å². The van der Waals surface area contributed by atoms with Crippen molar-refractivity contribution in [2.24, 2.45) is 5.92 Å².